The Morgan fingerprint density at radius 3 is 2.42 bits per heavy atom. The molecule has 8 heteroatoms. The highest BCUT2D eigenvalue weighted by Gasteiger charge is 2.34. The van der Waals surface area contributed by atoms with Crippen LogP contribution in [0.25, 0.3) is 0 Å². The topological polar surface area (TPSA) is 112 Å². The molecule has 2 heterocycles. The number of carbonyl (C=O) groups is 3. The standard InChI is InChI=1S/C25H24N4O4/c30-23(28-14-13-27-22-11-5-6-12-26-22)16-29-21-10-4-3-8-18(21)20(15-24(31)32)17-7-1-2-9-19(17)25(29)33/h1-12,20H,13-16H2,(H,26,27)(H,28,30)(H,31,32). The number of nitrogens with one attached hydrogen (secondary N) is 2. The van der Waals surface area contributed by atoms with Gasteiger partial charge in [-0.3, -0.25) is 19.3 Å². The van der Waals surface area contributed by atoms with Crippen molar-refractivity contribution in [3.05, 3.63) is 89.6 Å². The lowest BCUT2D eigenvalue weighted by Crippen LogP contribution is -2.42. The summed E-state index contributed by atoms with van der Waals surface area (Å²) in [5.74, 6) is -1.37. The van der Waals surface area contributed by atoms with Crippen LogP contribution in [0, 0.1) is 0 Å². The Balaban J connectivity index is 1.54. The molecule has 0 radical (unpaired) electrons. The Morgan fingerprint density at radius 1 is 0.939 bits per heavy atom. The number of anilines is 2. The Kier molecular flexibility index (Phi) is 6.64. The second-order valence-electron chi connectivity index (χ2n) is 7.68. The molecular weight excluding hydrogens is 420 g/mol. The molecule has 0 fully saturated rings. The molecule has 1 aliphatic heterocycles. The minimum Gasteiger partial charge on any atom is -0.481 e. The van der Waals surface area contributed by atoms with Crippen molar-refractivity contribution in [2.75, 3.05) is 29.9 Å². The van der Waals surface area contributed by atoms with E-state index in [1.54, 1.807) is 42.6 Å². The van der Waals surface area contributed by atoms with Crippen molar-refractivity contribution in [1.82, 2.24) is 10.3 Å². The smallest absolute Gasteiger partial charge is 0.304 e. The predicted molar refractivity (Wildman–Crippen MR) is 124 cm³/mol. The molecule has 4 rings (SSSR count). The number of aliphatic carboxylic acids is 1. The van der Waals surface area contributed by atoms with Crippen LogP contribution in [0.1, 0.15) is 33.8 Å². The van der Waals surface area contributed by atoms with Crippen LogP contribution in [0.4, 0.5) is 11.5 Å². The molecule has 1 aromatic heterocycles. The van der Waals surface area contributed by atoms with Crippen LogP contribution in [-0.4, -0.2) is 47.5 Å². The summed E-state index contributed by atoms with van der Waals surface area (Å²) in [6.45, 7) is 0.668. The summed E-state index contributed by atoms with van der Waals surface area (Å²) in [4.78, 5) is 43.4. The molecule has 0 spiro atoms. The Morgan fingerprint density at radius 2 is 1.67 bits per heavy atom. The molecule has 0 saturated carbocycles. The number of fused-ring (bicyclic) bond motifs is 2. The van der Waals surface area contributed by atoms with Crippen LogP contribution in [-0.2, 0) is 9.59 Å². The number of amides is 2. The molecule has 2 aromatic carbocycles. The van der Waals surface area contributed by atoms with Gasteiger partial charge in [-0.05, 0) is 35.4 Å². The van der Waals surface area contributed by atoms with E-state index in [0.717, 1.165) is 0 Å². The van der Waals surface area contributed by atoms with E-state index in [2.05, 4.69) is 15.6 Å². The van der Waals surface area contributed by atoms with Gasteiger partial charge in [0.05, 0.1) is 6.42 Å². The predicted octanol–water partition coefficient (Wildman–Crippen LogP) is 2.88. The zero-order chi connectivity index (χ0) is 23.2. The number of para-hydroxylation sites is 1. The van der Waals surface area contributed by atoms with Gasteiger partial charge in [-0.15, -0.1) is 0 Å². The molecule has 0 bridgehead atoms. The number of carbonyl (C=O) groups excluding carboxylic acids is 2. The third-order valence-corrected chi connectivity index (χ3v) is 5.51. The van der Waals surface area contributed by atoms with Gasteiger partial charge in [-0.25, -0.2) is 4.98 Å². The summed E-state index contributed by atoms with van der Waals surface area (Å²) >= 11 is 0. The van der Waals surface area contributed by atoms with Gasteiger partial charge in [-0.1, -0.05) is 42.5 Å². The van der Waals surface area contributed by atoms with Crippen molar-refractivity contribution in [1.29, 1.82) is 0 Å². The van der Waals surface area contributed by atoms with Gasteiger partial charge in [0.2, 0.25) is 5.91 Å². The number of aromatic nitrogens is 1. The van der Waals surface area contributed by atoms with Crippen LogP contribution < -0.4 is 15.5 Å². The van der Waals surface area contributed by atoms with Crippen molar-refractivity contribution < 1.29 is 19.5 Å². The summed E-state index contributed by atoms with van der Waals surface area (Å²) in [5, 5.41) is 15.5. The van der Waals surface area contributed by atoms with Crippen molar-refractivity contribution in [2.45, 2.75) is 12.3 Å². The van der Waals surface area contributed by atoms with E-state index >= 15 is 0 Å². The number of hydrogen-bond donors (Lipinski definition) is 3. The van der Waals surface area contributed by atoms with E-state index in [-0.39, 0.29) is 24.8 Å². The first kappa shape index (κ1) is 22.0. The normalized spacial score (nSPS) is 14.6. The number of carboxylic acids is 1. The first-order valence-corrected chi connectivity index (χ1v) is 10.7. The molecule has 3 N–H and O–H groups in total. The molecule has 2 amide bonds. The lowest BCUT2D eigenvalue weighted by atomic mass is 9.86. The summed E-state index contributed by atoms with van der Waals surface area (Å²) < 4.78 is 0. The Hall–Kier alpha value is -4.20. The van der Waals surface area contributed by atoms with Crippen molar-refractivity contribution in [3.63, 3.8) is 0 Å². The first-order valence-electron chi connectivity index (χ1n) is 10.7. The lowest BCUT2D eigenvalue weighted by Gasteiger charge is -2.23. The highest BCUT2D eigenvalue weighted by Crippen LogP contribution is 2.40. The summed E-state index contributed by atoms with van der Waals surface area (Å²) in [6.07, 6.45) is 1.53. The maximum atomic E-state index is 13.5. The van der Waals surface area contributed by atoms with Gasteiger partial charge < -0.3 is 15.7 Å². The molecule has 168 valence electrons. The van der Waals surface area contributed by atoms with Gasteiger partial charge in [0.15, 0.2) is 0 Å². The van der Waals surface area contributed by atoms with Crippen molar-refractivity contribution in [3.8, 4) is 0 Å². The zero-order valence-corrected chi connectivity index (χ0v) is 17.9. The molecule has 0 aliphatic carbocycles. The maximum absolute atomic E-state index is 13.5. The van der Waals surface area contributed by atoms with E-state index in [1.165, 1.54) is 4.90 Å². The number of hydrogen-bond acceptors (Lipinski definition) is 5. The van der Waals surface area contributed by atoms with Gasteiger partial charge >= 0.3 is 5.97 Å². The van der Waals surface area contributed by atoms with Crippen LogP contribution in [0.15, 0.2) is 72.9 Å². The van der Waals surface area contributed by atoms with E-state index in [0.29, 0.717) is 41.3 Å². The molecule has 3 aromatic rings. The largest absolute Gasteiger partial charge is 0.481 e. The van der Waals surface area contributed by atoms with Gasteiger partial charge in [0, 0.05) is 36.5 Å². The van der Waals surface area contributed by atoms with E-state index in [4.69, 9.17) is 0 Å². The summed E-state index contributed by atoms with van der Waals surface area (Å²) in [7, 11) is 0. The third-order valence-electron chi connectivity index (χ3n) is 5.51. The summed E-state index contributed by atoms with van der Waals surface area (Å²) in [5.41, 5.74) is 2.32. The molecule has 0 saturated heterocycles. The Labute approximate surface area is 191 Å². The van der Waals surface area contributed by atoms with Crippen molar-refractivity contribution in [2.24, 2.45) is 0 Å². The second kappa shape index (κ2) is 9.95. The monoisotopic (exact) mass is 444 g/mol. The number of pyridine rings is 1. The number of nitrogens with zero attached hydrogens (tertiary/aromatic N) is 2. The van der Waals surface area contributed by atoms with Crippen LogP contribution in [0.2, 0.25) is 0 Å². The number of rotatable bonds is 8. The highest BCUT2D eigenvalue weighted by atomic mass is 16.4. The quantitative estimate of drug-likeness (QED) is 0.461. The first-order chi connectivity index (χ1) is 16.0. The SMILES string of the molecule is O=C(O)CC1c2ccccc2C(=O)N(CC(=O)NCCNc2ccccn2)c2ccccc21. The molecule has 8 nitrogen and oxygen atoms in total. The fraction of sp³-hybridized carbons (Fsp3) is 0.200. The van der Waals surface area contributed by atoms with E-state index < -0.39 is 11.9 Å². The molecule has 33 heavy (non-hydrogen) atoms. The molecule has 1 atom stereocenters. The average molecular weight is 444 g/mol. The van der Waals surface area contributed by atoms with Crippen LogP contribution in [0.3, 0.4) is 0 Å². The third kappa shape index (κ3) is 5.01. The lowest BCUT2D eigenvalue weighted by molar-refractivity contribution is -0.137. The fourth-order valence-corrected chi connectivity index (χ4v) is 4.06. The molecule has 1 unspecified atom stereocenters. The van der Waals surface area contributed by atoms with Crippen LogP contribution >= 0.6 is 0 Å². The van der Waals surface area contributed by atoms with Gasteiger partial charge in [0.25, 0.3) is 5.91 Å². The number of carboxylic acid groups (broad SMARTS) is 1. The van der Waals surface area contributed by atoms with Gasteiger partial charge in [0.1, 0.15) is 12.4 Å². The van der Waals surface area contributed by atoms with Crippen LogP contribution in [0.5, 0.6) is 0 Å². The zero-order valence-electron chi connectivity index (χ0n) is 17.9. The molecular formula is C25H24N4O4. The summed E-state index contributed by atoms with van der Waals surface area (Å²) in [6, 6.07) is 19.7. The fourth-order valence-electron chi connectivity index (χ4n) is 4.06. The highest BCUT2D eigenvalue weighted by molar-refractivity contribution is 6.11. The number of benzene rings is 2. The van der Waals surface area contributed by atoms with Gasteiger partial charge in [-0.2, -0.15) is 0 Å². The minimum absolute atomic E-state index is 0.152. The van der Waals surface area contributed by atoms with E-state index in [1.807, 2.05) is 30.3 Å². The molecule has 1 aliphatic rings. The minimum atomic E-state index is -0.955. The maximum Gasteiger partial charge on any atom is 0.304 e. The Bertz CT molecular complexity index is 1170. The van der Waals surface area contributed by atoms with E-state index in [9.17, 15) is 19.5 Å². The second-order valence-corrected chi connectivity index (χ2v) is 7.68. The van der Waals surface area contributed by atoms with Crippen molar-refractivity contribution >= 4 is 29.3 Å². The average Bonchev–Trinajstić information content (AvgIpc) is 2.92.